The summed E-state index contributed by atoms with van der Waals surface area (Å²) in [6, 6.07) is -0.264. The van der Waals surface area contributed by atoms with Crippen molar-refractivity contribution in [1.29, 1.82) is 0 Å². The fraction of sp³-hybridized carbons (Fsp3) is 0.867. The molecular weight excluding hydrogens is 256 g/mol. The van der Waals surface area contributed by atoms with Crippen LogP contribution in [0, 0.1) is 5.92 Å². The lowest BCUT2D eigenvalue weighted by atomic mass is 9.92. The summed E-state index contributed by atoms with van der Waals surface area (Å²) in [5.41, 5.74) is 0. The van der Waals surface area contributed by atoms with Crippen LogP contribution in [0.4, 0.5) is 4.79 Å². The Morgan fingerprint density at radius 2 is 1.60 bits per heavy atom. The lowest BCUT2D eigenvalue weighted by Gasteiger charge is -2.43. The van der Waals surface area contributed by atoms with Crippen LogP contribution in [-0.2, 0) is 4.79 Å². The molecule has 3 aliphatic rings. The van der Waals surface area contributed by atoms with Gasteiger partial charge in [0.2, 0.25) is 0 Å². The number of urea groups is 1. The highest BCUT2D eigenvalue weighted by atomic mass is 16.4. The number of likely N-dealkylation sites (tertiary alicyclic amines) is 2. The number of amides is 2. The predicted octanol–water partition coefficient (Wildman–Crippen LogP) is 2.31. The molecule has 0 spiro atoms. The highest BCUT2D eigenvalue weighted by Crippen LogP contribution is 2.37. The SMILES string of the molecule is O=C(O)C1CCCCN1C(=O)N1CCCC2CCCC21. The summed E-state index contributed by atoms with van der Waals surface area (Å²) < 4.78 is 0. The van der Waals surface area contributed by atoms with E-state index in [9.17, 15) is 14.7 Å². The molecule has 3 rings (SSSR count). The van der Waals surface area contributed by atoms with Crippen molar-refractivity contribution in [1.82, 2.24) is 9.80 Å². The lowest BCUT2D eigenvalue weighted by Crippen LogP contribution is -2.57. The lowest BCUT2D eigenvalue weighted by molar-refractivity contribution is -0.143. The minimum absolute atomic E-state index is 0.0197. The molecule has 112 valence electrons. The van der Waals surface area contributed by atoms with Crippen molar-refractivity contribution in [2.45, 2.75) is 63.5 Å². The average Bonchev–Trinajstić information content (AvgIpc) is 2.94. The number of rotatable bonds is 1. The van der Waals surface area contributed by atoms with Gasteiger partial charge in [0.05, 0.1) is 0 Å². The van der Waals surface area contributed by atoms with Crippen LogP contribution in [0.5, 0.6) is 0 Å². The molecule has 2 saturated heterocycles. The van der Waals surface area contributed by atoms with E-state index in [1.807, 2.05) is 4.90 Å². The van der Waals surface area contributed by atoms with Gasteiger partial charge in [-0.05, 0) is 50.9 Å². The number of carboxylic acid groups (broad SMARTS) is 1. The summed E-state index contributed by atoms with van der Waals surface area (Å²) in [5.74, 6) is -0.196. The summed E-state index contributed by atoms with van der Waals surface area (Å²) in [6.07, 6.45) is 8.28. The van der Waals surface area contributed by atoms with E-state index >= 15 is 0 Å². The zero-order valence-electron chi connectivity index (χ0n) is 12.0. The molecule has 0 aromatic carbocycles. The van der Waals surface area contributed by atoms with E-state index in [0.717, 1.165) is 32.2 Å². The second kappa shape index (κ2) is 5.62. The van der Waals surface area contributed by atoms with Gasteiger partial charge in [0.25, 0.3) is 0 Å². The molecule has 5 heteroatoms. The molecule has 1 aliphatic carbocycles. The average molecular weight is 280 g/mol. The number of hydrogen-bond acceptors (Lipinski definition) is 2. The fourth-order valence-electron chi connectivity index (χ4n) is 4.27. The number of aliphatic carboxylic acids is 1. The molecule has 1 N–H and O–H groups in total. The monoisotopic (exact) mass is 280 g/mol. The normalized spacial score (nSPS) is 33.9. The number of carboxylic acids is 1. The van der Waals surface area contributed by atoms with Gasteiger partial charge in [-0.25, -0.2) is 9.59 Å². The number of carbonyl (C=O) groups excluding carboxylic acids is 1. The molecule has 0 bridgehead atoms. The van der Waals surface area contributed by atoms with Crippen LogP contribution in [-0.4, -0.2) is 52.1 Å². The Labute approximate surface area is 119 Å². The van der Waals surface area contributed by atoms with Gasteiger partial charge in [-0.15, -0.1) is 0 Å². The van der Waals surface area contributed by atoms with Crippen molar-refractivity contribution in [2.75, 3.05) is 13.1 Å². The molecule has 5 nitrogen and oxygen atoms in total. The molecule has 0 aromatic rings. The molecule has 3 unspecified atom stereocenters. The second-order valence-electron chi connectivity index (χ2n) is 6.42. The van der Waals surface area contributed by atoms with Gasteiger partial charge in [0, 0.05) is 19.1 Å². The van der Waals surface area contributed by atoms with Crippen molar-refractivity contribution in [2.24, 2.45) is 5.92 Å². The summed E-state index contributed by atoms with van der Waals surface area (Å²) in [4.78, 5) is 27.8. The molecule has 2 aliphatic heterocycles. The predicted molar refractivity (Wildman–Crippen MR) is 74.4 cm³/mol. The van der Waals surface area contributed by atoms with E-state index < -0.39 is 12.0 Å². The largest absolute Gasteiger partial charge is 0.480 e. The molecule has 2 amide bonds. The van der Waals surface area contributed by atoms with Crippen molar-refractivity contribution >= 4 is 12.0 Å². The molecule has 0 aromatic heterocycles. The Morgan fingerprint density at radius 3 is 2.40 bits per heavy atom. The zero-order valence-corrected chi connectivity index (χ0v) is 12.0. The van der Waals surface area contributed by atoms with E-state index in [-0.39, 0.29) is 6.03 Å². The quantitative estimate of drug-likeness (QED) is 0.801. The number of hydrogen-bond donors (Lipinski definition) is 1. The van der Waals surface area contributed by atoms with Gasteiger partial charge < -0.3 is 14.9 Å². The van der Waals surface area contributed by atoms with Crippen molar-refractivity contribution < 1.29 is 14.7 Å². The van der Waals surface area contributed by atoms with Crippen molar-refractivity contribution in [3.8, 4) is 0 Å². The topological polar surface area (TPSA) is 60.9 Å². The number of fused-ring (bicyclic) bond motifs is 1. The van der Waals surface area contributed by atoms with Crippen LogP contribution in [0.3, 0.4) is 0 Å². The van der Waals surface area contributed by atoms with E-state index in [1.54, 1.807) is 4.90 Å². The first-order valence-electron chi connectivity index (χ1n) is 7.98. The first-order chi connectivity index (χ1) is 9.68. The second-order valence-corrected chi connectivity index (χ2v) is 6.42. The minimum Gasteiger partial charge on any atom is -0.480 e. The van der Waals surface area contributed by atoms with E-state index in [2.05, 4.69) is 0 Å². The summed E-state index contributed by atoms with van der Waals surface area (Å²) in [5, 5.41) is 9.33. The van der Waals surface area contributed by atoms with Crippen LogP contribution in [0.15, 0.2) is 0 Å². The summed E-state index contributed by atoms with van der Waals surface area (Å²) in [7, 11) is 0. The van der Waals surface area contributed by atoms with Gasteiger partial charge in [-0.1, -0.05) is 6.42 Å². The molecular formula is C15H24N2O3. The van der Waals surface area contributed by atoms with Crippen LogP contribution >= 0.6 is 0 Å². The smallest absolute Gasteiger partial charge is 0.326 e. The third-order valence-corrected chi connectivity index (χ3v) is 5.27. The van der Waals surface area contributed by atoms with Crippen LogP contribution < -0.4 is 0 Å². The van der Waals surface area contributed by atoms with Crippen molar-refractivity contribution in [3.63, 3.8) is 0 Å². The highest BCUT2D eigenvalue weighted by molar-refractivity contribution is 5.83. The van der Waals surface area contributed by atoms with E-state index in [1.165, 1.54) is 19.3 Å². The van der Waals surface area contributed by atoms with Crippen LogP contribution in [0.25, 0.3) is 0 Å². The Hall–Kier alpha value is -1.26. The number of carbonyl (C=O) groups is 2. The standard InChI is InChI=1S/C15H24N2O3/c18-14(19)13-7-1-2-9-17(13)15(20)16-10-4-6-11-5-3-8-12(11)16/h11-13H,1-10H2,(H,18,19). The maximum atomic E-state index is 12.8. The zero-order chi connectivity index (χ0) is 14.1. The molecule has 2 heterocycles. The van der Waals surface area contributed by atoms with Gasteiger partial charge in [0.1, 0.15) is 6.04 Å². The Balaban J connectivity index is 1.74. The Kier molecular flexibility index (Phi) is 3.85. The minimum atomic E-state index is -0.849. The first-order valence-corrected chi connectivity index (χ1v) is 7.98. The third-order valence-electron chi connectivity index (χ3n) is 5.27. The maximum Gasteiger partial charge on any atom is 0.326 e. The third kappa shape index (κ3) is 2.38. The van der Waals surface area contributed by atoms with Crippen LogP contribution in [0.1, 0.15) is 51.4 Å². The maximum absolute atomic E-state index is 12.8. The fourth-order valence-corrected chi connectivity index (χ4v) is 4.27. The molecule has 3 fully saturated rings. The molecule has 0 radical (unpaired) electrons. The van der Waals surface area contributed by atoms with Crippen LogP contribution in [0.2, 0.25) is 0 Å². The van der Waals surface area contributed by atoms with E-state index in [4.69, 9.17) is 0 Å². The molecule has 1 saturated carbocycles. The Bertz CT molecular complexity index is 399. The molecule has 3 atom stereocenters. The van der Waals surface area contributed by atoms with Gasteiger partial charge in [-0.3, -0.25) is 0 Å². The van der Waals surface area contributed by atoms with E-state index in [0.29, 0.717) is 24.9 Å². The van der Waals surface area contributed by atoms with Gasteiger partial charge in [-0.2, -0.15) is 0 Å². The number of nitrogens with zero attached hydrogens (tertiary/aromatic N) is 2. The number of piperidine rings is 2. The summed E-state index contributed by atoms with van der Waals surface area (Å²) in [6.45, 7) is 1.41. The highest BCUT2D eigenvalue weighted by Gasteiger charge is 2.41. The Morgan fingerprint density at radius 1 is 0.850 bits per heavy atom. The van der Waals surface area contributed by atoms with Gasteiger partial charge in [0.15, 0.2) is 0 Å². The van der Waals surface area contributed by atoms with Gasteiger partial charge >= 0.3 is 12.0 Å². The summed E-state index contributed by atoms with van der Waals surface area (Å²) >= 11 is 0. The first kappa shape index (κ1) is 13.7. The van der Waals surface area contributed by atoms with Crippen molar-refractivity contribution in [3.05, 3.63) is 0 Å². The molecule has 20 heavy (non-hydrogen) atoms.